The fraction of sp³-hybridized carbons (Fsp3) is 0.167. The normalized spacial score (nSPS) is 10.9. The van der Waals surface area contributed by atoms with Gasteiger partial charge in [0, 0.05) is 35.7 Å². The highest BCUT2D eigenvalue weighted by atomic mass is 35.5. The Morgan fingerprint density at radius 3 is 2.57 bits per heavy atom. The number of ether oxygens (including phenoxy) is 1. The summed E-state index contributed by atoms with van der Waals surface area (Å²) in [6.07, 6.45) is 2.07. The number of aromatic nitrogens is 3. The molecule has 3 aromatic heterocycles. The van der Waals surface area contributed by atoms with Gasteiger partial charge in [-0.1, -0.05) is 23.2 Å². The van der Waals surface area contributed by atoms with Crippen LogP contribution in [-0.2, 0) is 13.3 Å². The SMILES string of the molecule is Cc1cc(OCc2ncc(F)cc2F)c(Cl)c(=O)n1-c1cc(Cl)ncc1CF. The van der Waals surface area contributed by atoms with Crippen molar-refractivity contribution in [3.05, 3.63) is 79.7 Å². The van der Waals surface area contributed by atoms with Crippen molar-refractivity contribution in [2.24, 2.45) is 0 Å². The molecule has 0 radical (unpaired) electrons. The predicted molar refractivity (Wildman–Crippen MR) is 97.9 cm³/mol. The van der Waals surface area contributed by atoms with E-state index in [1.807, 2.05) is 0 Å². The molecule has 3 heterocycles. The van der Waals surface area contributed by atoms with Crippen LogP contribution in [0.5, 0.6) is 5.75 Å². The van der Waals surface area contributed by atoms with Crippen LogP contribution in [0.2, 0.25) is 10.2 Å². The third-order valence-corrected chi connectivity index (χ3v) is 4.42. The maximum atomic E-state index is 13.7. The molecule has 0 N–H and O–H groups in total. The zero-order valence-corrected chi connectivity index (χ0v) is 15.9. The van der Waals surface area contributed by atoms with Gasteiger partial charge in [0.1, 0.15) is 40.7 Å². The third kappa shape index (κ3) is 3.98. The van der Waals surface area contributed by atoms with Crippen molar-refractivity contribution in [1.29, 1.82) is 0 Å². The third-order valence-electron chi connectivity index (χ3n) is 3.86. The monoisotopic (exact) mass is 429 g/mol. The average molecular weight is 430 g/mol. The molecule has 0 amide bonds. The van der Waals surface area contributed by atoms with Gasteiger partial charge < -0.3 is 4.74 Å². The Morgan fingerprint density at radius 1 is 1.14 bits per heavy atom. The minimum absolute atomic E-state index is 0.0205. The molecule has 0 aromatic carbocycles. The standard InChI is InChI=1S/C18H12Cl2F3N3O2/c1-9-2-15(28-8-13-12(23)3-11(22)7-24-13)17(20)18(27)26(9)14-4-16(19)25-6-10(14)5-21/h2-4,6-7H,5,8H2,1H3. The van der Waals surface area contributed by atoms with Crippen molar-refractivity contribution < 1.29 is 17.9 Å². The lowest BCUT2D eigenvalue weighted by Crippen LogP contribution is -2.23. The van der Waals surface area contributed by atoms with Gasteiger partial charge in [0.25, 0.3) is 5.56 Å². The predicted octanol–water partition coefficient (Wildman–Crippen LogP) is 4.57. The van der Waals surface area contributed by atoms with E-state index in [1.54, 1.807) is 6.92 Å². The summed E-state index contributed by atoms with van der Waals surface area (Å²) in [6, 6.07) is 3.45. The number of hydrogen-bond acceptors (Lipinski definition) is 4. The lowest BCUT2D eigenvalue weighted by Gasteiger charge is -2.16. The van der Waals surface area contributed by atoms with Gasteiger partial charge in [0.15, 0.2) is 5.82 Å². The van der Waals surface area contributed by atoms with E-state index in [4.69, 9.17) is 27.9 Å². The molecule has 0 atom stereocenters. The molecule has 28 heavy (non-hydrogen) atoms. The first-order valence-electron chi connectivity index (χ1n) is 7.87. The van der Waals surface area contributed by atoms with Crippen molar-refractivity contribution in [3.63, 3.8) is 0 Å². The molecule has 10 heteroatoms. The molecular formula is C18H12Cl2F3N3O2. The Kier molecular flexibility index (Phi) is 5.90. The van der Waals surface area contributed by atoms with Crippen LogP contribution in [0.4, 0.5) is 13.2 Å². The van der Waals surface area contributed by atoms with Crippen LogP contribution in [0.15, 0.2) is 35.4 Å². The summed E-state index contributed by atoms with van der Waals surface area (Å²) in [4.78, 5) is 20.1. The van der Waals surface area contributed by atoms with Crippen LogP contribution < -0.4 is 10.3 Å². The van der Waals surface area contributed by atoms with Gasteiger partial charge in [0.2, 0.25) is 0 Å². The summed E-state index contributed by atoms with van der Waals surface area (Å²) in [6.45, 7) is 0.347. The van der Waals surface area contributed by atoms with Crippen LogP contribution in [-0.4, -0.2) is 14.5 Å². The fourth-order valence-electron chi connectivity index (χ4n) is 2.54. The van der Waals surface area contributed by atoms with Gasteiger partial charge in [0.05, 0.1) is 11.9 Å². The number of rotatable bonds is 5. The van der Waals surface area contributed by atoms with Crippen LogP contribution in [0.3, 0.4) is 0 Å². The van der Waals surface area contributed by atoms with E-state index < -0.39 is 23.9 Å². The summed E-state index contributed by atoms with van der Waals surface area (Å²) in [5.74, 6) is -1.73. The molecule has 0 saturated carbocycles. The largest absolute Gasteiger partial charge is 0.485 e. The summed E-state index contributed by atoms with van der Waals surface area (Å²) >= 11 is 12.0. The summed E-state index contributed by atoms with van der Waals surface area (Å²) in [5, 5.41) is -0.223. The second-order valence-corrected chi connectivity index (χ2v) is 6.51. The van der Waals surface area contributed by atoms with Crippen molar-refractivity contribution >= 4 is 23.2 Å². The van der Waals surface area contributed by atoms with Gasteiger partial charge >= 0.3 is 0 Å². The molecule has 0 fully saturated rings. The number of pyridine rings is 3. The van der Waals surface area contributed by atoms with E-state index in [9.17, 15) is 18.0 Å². The van der Waals surface area contributed by atoms with E-state index in [0.29, 0.717) is 11.8 Å². The number of halogens is 5. The average Bonchev–Trinajstić information content (AvgIpc) is 2.65. The van der Waals surface area contributed by atoms with Crippen molar-refractivity contribution in [1.82, 2.24) is 14.5 Å². The maximum absolute atomic E-state index is 13.7. The Labute approximate surface area is 167 Å². The maximum Gasteiger partial charge on any atom is 0.277 e. The highest BCUT2D eigenvalue weighted by Crippen LogP contribution is 2.26. The molecule has 3 rings (SSSR count). The molecule has 0 aliphatic carbocycles. The second kappa shape index (κ2) is 8.20. The minimum Gasteiger partial charge on any atom is -0.485 e. The number of aryl methyl sites for hydroxylation is 1. The Hall–Kier alpha value is -2.58. The first-order chi connectivity index (χ1) is 13.3. The number of hydrogen-bond donors (Lipinski definition) is 0. The minimum atomic E-state index is -0.889. The second-order valence-electron chi connectivity index (χ2n) is 5.74. The lowest BCUT2D eigenvalue weighted by atomic mass is 10.2. The Morgan fingerprint density at radius 2 is 1.89 bits per heavy atom. The highest BCUT2D eigenvalue weighted by Gasteiger charge is 2.17. The van der Waals surface area contributed by atoms with Gasteiger partial charge in [-0.05, 0) is 6.92 Å². The molecule has 0 aliphatic heterocycles. The molecule has 3 aromatic rings. The van der Waals surface area contributed by atoms with E-state index in [0.717, 1.165) is 6.20 Å². The quantitative estimate of drug-likeness (QED) is 0.557. The molecule has 0 spiro atoms. The summed E-state index contributed by atoms with van der Waals surface area (Å²) in [7, 11) is 0. The van der Waals surface area contributed by atoms with Gasteiger partial charge in [-0.2, -0.15) is 0 Å². The molecule has 0 aliphatic rings. The van der Waals surface area contributed by atoms with Gasteiger partial charge in [-0.25, -0.2) is 18.2 Å². The topological polar surface area (TPSA) is 57.0 Å². The molecular weight excluding hydrogens is 418 g/mol. The van der Waals surface area contributed by atoms with E-state index in [1.165, 1.54) is 22.9 Å². The van der Waals surface area contributed by atoms with Gasteiger partial charge in [-0.15, -0.1) is 0 Å². The molecule has 0 bridgehead atoms. The van der Waals surface area contributed by atoms with Gasteiger partial charge in [-0.3, -0.25) is 14.3 Å². The molecule has 0 saturated heterocycles. The lowest BCUT2D eigenvalue weighted by molar-refractivity contribution is 0.292. The Balaban J connectivity index is 1.99. The van der Waals surface area contributed by atoms with Crippen LogP contribution >= 0.6 is 23.2 Å². The molecule has 0 unspecified atom stereocenters. The number of nitrogens with zero attached hydrogens (tertiary/aromatic N) is 3. The van der Waals surface area contributed by atoms with Crippen molar-refractivity contribution in [2.45, 2.75) is 20.2 Å². The van der Waals surface area contributed by atoms with Crippen molar-refractivity contribution in [2.75, 3.05) is 0 Å². The highest BCUT2D eigenvalue weighted by molar-refractivity contribution is 6.32. The Bertz CT molecular complexity index is 1110. The van der Waals surface area contributed by atoms with Crippen LogP contribution in [0.25, 0.3) is 5.69 Å². The van der Waals surface area contributed by atoms with E-state index >= 15 is 0 Å². The zero-order chi connectivity index (χ0) is 20.4. The van der Waals surface area contributed by atoms with Crippen molar-refractivity contribution in [3.8, 4) is 11.4 Å². The van der Waals surface area contributed by atoms with E-state index in [2.05, 4.69) is 9.97 Å². The van der Waals surface area contributed by atoms with Crippen LogP contribution in [0, 0.1) is 18.6 Å². The fourth-order valence-corrected chi connectivity index (χ4v) is 2.89. The van der Waals surface area contributed by atoms with E-state index in [-0.39, 0.29) is 39.5 Å². The molecule has 146 valence electrons. The summed E-state index contributed by atoms with van der Waals surface area (Å²) < 4.78 is 46.5. The molecule has 5 nitrogen and oxygen atoms in total. The first kappa shape index (κ1) is 20.2. The number of alkyl halides is 1. The summed E-state index contributed by atoms with van der Waals surface area (Å²) in [5.41, 5.74) is -0.114. The first-order valence-corrected chi connectivity index (χ1v) is 8.63. The zero-order valence-electron chi connectivity index (χ0n) is 14.3. The van der Waals surface area contributed by atoms with Crippen LogP contribution in [0.1, 0.15) is 17.0 Å². The smallest absolute Gasteiger partial charge is 0.277 e.